The van der Waals surface area contributed by atoms with Crippen molar-refractivity contribution in [3.8, 4) is 0 Å². The highest BCUT2D eigenvalue weighted by atomic mass is 19.1. The zero-order valence-electron chi connectivity index (χ0n) is 11.1. The van der Waals surface area contributed by atoms with E-state index < -0.39 is 5.97 Å². The molecule has 19 heavy (non-hydrogen) atoms. The predicted octanol–water partition coefficient (Wildman–Crippen LogP) is 2.08. The van der Waals surface area contributed by atoms with Crippen LogP contribution in [0.1, 0.15) is 25.3 Å². The molecular formula is C14H18FNO3. The van der Waals surface area contributed by atoms with Crippen LogP contribution < -0.4 is 0 Å². The van der Waals surface area contributed by atoms with Crippen molar-refractivity contribution in [2.75, 3.05) is 7.05 Å². The van der Waals surface area contributed by atoms with Crippen LogP contribution in [-0.4, -0.2) is 35.0 Å². The number of hydrogen-bond acceptors (Lipinski definition) is 2. The maximum absolute atomic E-state index is 13.0. The van der Waals surface area contributed by atoms with Gasteiger partial charge in [0.2, 0.25) is 5.91 Å². The molecule has 0 bridgehead atoms. The van der Waals surface area contributed by atoms with E-state index in [2.05, 4.69) is 0 Å². The molecule has 0 saturated heterocycles. The van der Waals surface area contributed by atoms with E-state index in [9.17, 15) is 14.0 Å². The van der Waals surface area contributed by atoms with Crippen LogP contribution in [-0.2, 0) is 16.0 Å². The smallest absolute Gasteiger partial charge is 0.305 e. The molecule has 0 heterocycles. The number of halogens is 1. The number of hydrogen-bond donors (Lipinski definition) is 1. The van der Waals surface area contributed by atoms with Crippen molar-refractivity contribution < 1.29 is 19.1 Å². The number of amides is 1. The van der Waals surface area contributed by atoms with E-state index in [0.717, 1.165) is 5.56 Å². The molecule has 4 nitrogen and oxygen atoms in total. The molecule has 104 valence electrons. The molecule has 0 radical (unpaired) electrons. The summed E-state index contributed by atoms with van der Waals surface area (Å²) in [6.45, 7) is 1.69. The summed E-state index contributed by atoms with van der Waals surface area (Å²) in [4.78, 5) is 23.9. The van der Waals surface area contributed by atoms with Crippen LogP contribution in [0.15, 0.2) is 24.3 Å². The molecule has 1 rings (SSSR count). The average Bonchev–Trinajstić information content (AvgIpc) is 2.34. The van der Waals surface area contributed by atoms with Crippen molar-refractivity contribution >= 4 is 11.9 Å². The average molecular weight is 267 g/mol. The highest BCUT2D eigenvalue weighted by Crippen LogP contribution is 2.09. The molecule has 0 fully saturated rings. The molecule has 5 heteroatoms. The number of rotatable bonds is 6. The van der Waals surface area contributed by atoms with Crippen molar-refractivity contribution in [2.24, 2.45) is 0 Å². The Kier molecular flexibility index (Phi) is 5.48. The number of aryl methyl sites for hydroxylation is 1. The van der Waals surface area contributed by atoms with E-state index in [4.69, 9.17) is 5.11 Å². The van der Waals surface area contributed by atoms with Gasteiger partial charge in [-0.3, -0.25) is 9.59 Å². The van der Waals surface area contributed by atoms with Gasteiger partial charge in [-0.15, -0.1) is 0 Å². The summed E-state index contributed by atoms with van der Waals surface area (Å²) in [7, 11) is 1.58. The highest BCUT2D eigenvalue weighted by molar-refractivity contribution is 5.77. The molecule has 0 aliphatic carbocycles. The van der Waals surface area contributed by atoms with E-state index in [0.29, 0.717) is 6.42 Å². The van der Waals surface area contributed by atoms with E-state index in [1.807, 2.05) is 0 Å². The topological polar surface area (TPSA) is 57.6 Å². The lowest BCUT2D eigenvalue weighted by atomic mass is 10.1. The lowest BCUT2D eigenvalue weighted by Crippen LogP contribution is -2.36. The molecule has 1 aromatic rings. The van der Waals surface area contributed by atoms with Crippen molar-refractivity contribution in [2.45, 2.75) is 32.2 Å². The summed E-state index contributed by atoms with van der Waals surface area (Å²) in [5.74, 6) is -1.40. The monoisotopic (exact) mass is 267 g/mol. The maximum Gasteiger partial charge on any atom is 0.305 e. The minimum Gasteiger partial charge on any atom is -0.481 e. The maximum atomic E-state index is 13.0. The van der Waals surface area contributed by atoms with Gasteiger partial charge >= 0.3 is 5.97 Å². The van der Waals surface area contributed by atoms with Gasteiger partial charge in [0.25, 0.3) is 0 Å². The molecule has 1 atom stereocenters. The minimum atomic E-state index is -0.933. The number of carboxylic acid groups (broad SMARTS) is 1. The Balaban J connectivity index is 2.48. The third kappa shape index (κ3) is 5.07. The fourth-order valence-electron chi connectivity index (χ4n) is 1.76. The Bertz CT molecular complexity index is 462. The Morgan fingerprint density at radius 3 is 2.68 bits per heavy atom. The van der Waals surface area contributed by atoms with Crippen LogP contribution in [0.3, 0.4) is 0 Å². The number of carboxylic acids is 1. The first kappa shape index (κ1) is 15.1. The number of carbonyl (C=O) groups excluding carboxylic acids is 1. The zero-order chi connectivity index (χ0) is 14.4. The number of benzene rings is 1. The molecular weight excluding hydrogens is 249 g/mol. The number of nitrogens with zero attached hydrogens (tertiary/aromatic N) is 1. The standard InChI is InChI=1S/C14H18FNO3/c1-10(8-14(18)19)16(2)13(17)7-6-11-4-3-5-12(15)9-11/h3-5,9-10H,6-8H2,1-2H3,(H,18,19). The Morgan fingerprint density at radius 1 is 1.42 bits per heavy atom. The van der Waals surface area contributed by atoms with Crippen molar-refractivity contribution in [1.29, 1.82) is 0 Å². The summed E-state index contributed by atoms with van der Waals surface area (Å²) in [6, 6.07) is 5.76. The van der Waals surface area contributed by atoms with Gasteiger partial charge in [-0.1, -0.05) is 12.1 Å². The lowest BCUT2D eigenvalue weighted by Gasteiger charge is -2.23. The van der Waals surface area contributed by atoms with E-state index >= 15 is 0 Å². The van der Waals surface area contributed by atoms with Crippen molar-refractivity contribution in [3.63, 3.8) is 0 Å². The predicted molar refractivity (Wildman–Crippen MR) is 69.2 cm³/mol. The first-order valence-electron chi connectivity index (χ1n) is 6.12. The largest absolute Gasteiger partial charge is 0.481 e. The Hall–Kier alpha value is -1.91. The van der Waals surface area contributed by atoms with Gasteiger partial charge in [0.15, 0.2) is 0 Å². The molecule has 0 aromatic heterocycles. The van der Waals surface area contributed by atoms with Gasteiger partial charge in [-0.25, -0.2) is 4.39 Å². The first-order chi connectivity index (χ1) is 8.90. The number of carbonyl (C=O) groups is 2. The molecule has 1 N–H and O–H groups in total. The van der Waals surface area contributed by atoms with Crippen LogP contribution in [0, 0.1) is 5.82 Å². The molecule has 1 unspecified atom stereocenters. The lowest BCUT2D eigenvalue weighted by molar-refractivity contribution is -0.139. The van der Waals surface area contributed by atoms with Gasteiger partial charge in [0, 0.05) is 19.5 Å². The SMILES string of the molecule is CC(CC(=O)O)N(C)C(=O)CCc1cccc(F)c1. The molecule has 1 amide bonds. The van der Waals surface area contributed by atoms with Gasteiger partial charge in [-0.05, 0) is 31.0 Å². The second-order valence-electron chi connectivity index (χ2n) is 4.58. The highest BCUT2D eigenvalue weighted by Gasteiger charge is 2.17. The third-order valence-corrected chi connectivity index (χ3v) is 3.04. The summed E-state index contributed by atoms with van der Waals surface area (Å²) < 4.78 is 13.0. The molecule has 1 aromatic carbocycles. The quantitative estimate of drug-likeness (QED) is 0.858. The normalized spacial score (nSPS) is 11.9. The molecule has 0 saturated carbocycles. The van der Waals surface area contributed by atoms with Crippen LogP contribution in [0.25, 0.3) is 0 Å². The molecule has 0 aliphatic heterocycles. The van der Waals surface area contributed by atoms with Gasteiger partial charge in [0.1, 0.15) is 5.82 Å². The van der Waals surface area contributed by atoms with Crippen LogP contribution in [0.4, 0.5) is 4.39 Å². The summed E-state index contributed by atoms with van der Waals surface area (Å²) in [6.07, 6.45) is 0.604. The van der Waals surface area contributed by atoms with E-state index in [-0.39, 0.29) is 30.6 Å². The van der Waals surface area contributed by atoms with Crippen LogP contribution in [0.5, 0.6) is 0 Å². The first-order valence-corrected chi connectivity index (χ1v) is 6.12. The third-order valence-electron chi connectivity index (χ3n) is 3.04. The Morgan fingerprint density at radius 2 is 2.11 bits per heavy atom. The fourth-order valence-corrected chi connectivity index (χ4v) is 1.76. The summed E-state index contributed by atoms with van der Waals surface area (Å²) in [5.41, 5.74) is 0.757. The van der Waals surface area contributed by atoms with E-state index in [1.165, 1.54) is 17.0 Å². The second-order valence-corrected chi connectivity index (χ2v) is 4.58. The van der Waals surface area contributed by atoms with Gasteiger partial charge < -0.3 is 10.0 Å². The second kappa shape index (κ2) is 6.87. The van der Waals surface area contributed by atoms with Crippen molar-refractivity contribution in [1.82, 2.24) is 4.90 Å². The van der Waals surface area contributed by atoms with Gasteiger partial charge in [-0.2, -0.15) is 0 Å². The summed E-state index contributed by atoms with van der Waals surface area (Å²) >= 11 is 0. The zero-order valence-corrected chi connectivity index (χ0v) is 11.1. The fraction of sp³-hybridized carbons (Fsp3) is 0.429. The summed E-state index contributed by atoms with van der Waals surface area (Å²) in [5, 5.41) is 8.67. The molecule has 0 aliphatic rings. The Labute approximate surface area is 111 Å². The molecule has 0 spiro atoms. The van der Waals surface area contributed by atoms with Crippen LogP contribution in [0.2, 0.25) is 0 Å². The van der Waals surface area contributed by atoms with Crippen LogP contribution >= 0.6 is 0 Å². The van der Waals surface area contributed by atoms with E-state index in [1.54, 1.807) is 26.1 Å². The number of aliphatic carboxylic acids is 1. The van der Waals surface area contributed by atoms with Crippen molar-refractivity contribution in [3.05, 3.63) is 35.6 Å². The minimum absolute atomic E-state index is 0.0811. The van der Waals surface area contributed by atoms with Gasteiger partial charge in [0.05, 0.1) is 6.42 Å².